The van der Waals surface area contributed by atoms with E-state index in [1.807, 2.05) is 68.6 Å². The summed E-state index contributed by atoms with van der Waals surface area (Å²) in [6, 6.07) is 23.4. The third-order valence-electron chi connectivity index (χ3n) is 15.7. The maximum Gasteiger partial charge on any atom is 0.410 e. The van der Waals surface area contributed by atoms with Gasteiger partial charge < -0.3 is 50.5 Å². The van der Waals surface area contributed by atoms with Crippen LogP contribution in [-0.4, -0.2) is 124 Å². The van der Waals surface area contributed by atoms with Crippen LogP contribution in [0.2, 0.25) is 0 Å². The zero-order chi connectivity index (χ0) is 58.0. The van der Waals surface area contributed by atoms with Crippen LogP contribution in [0, 0.1) is 21.7 Å². The lowest BCUT2D eigenvalue weighted by atomic mass is 9.48. The number of hydrogen-bond donors (Lipinski definition) is 7. The second kappa shape index (κ2) is 26.3. The number of nitrogens with zero attached hydrogens (tertiary/aromatic N) is 4. The molecular weight excluding hydrogens is 1070 g/mol. The summed E-state index contributed by atoms with van der Waals surface area (Å²) in [6.45, 7) is 13.6. The van der Waals surface area contributed by atoms with Crippen LogP contribution in [-0.2, 0) is 49.7 Å². The smallest absolute Gasteiger partial charge is 0.410 e. The molecule has 0 radical (unpaired) electrons. The van der Waals surface area contributed by atoms with E-state index < -0.39 is 28.8 Å². The summed E-state index contributed by atoms with van der Waals surface area (Å²) < 4.78 is 35.3. The Morgan fingerprint density at radius 1 is 0.926 bits per heavy atom. The number of benzene rings is 3. The van der Waals surface area contributed by atoms with Crippen LogP contribution in [0.15, 0.2) is 84.6 Å². The van der Waals surface area contributed by atoms with E-state index in [0.717, 1.165) is 59.0 Å². The van der Waals surface area contributed by atoms with Crippen molar-refractivity contribution in [2.24, 2.45) is 16.2 Å². The fraction of sp³-hybridized carbons (Fsp3) is 0.467. The first-order valence-corrected chi connectivity index (χ1v) is 29.7. The van der Waals surface area contributed by atoms with Gasteiger partial charge in [-0.15, -0.1) is 0 Å². The molecular formula is C60H76N10O9S2. The molecule has 7 N–H and O–H groups in total. The number of carbonyl (C=O) groups is 5. The highest BCUT2D eigenvalue weighted by Gasteiger charge is 2.58. The first-order valence-electron chi connectivity index (χ1n) is 27.6. The van der Waals surface area contributed by atoms with Gasteiger partial charge in [-0.25, -0.2) is 19.0 Å². The second-order valence-electron chi connectivity index (χ2n) is 23.3. The van der Waals surface area contributed by atoms with Gasteiger partial charge in [0.15, 0.2) is 22.5 Å². The fourth-order valence-corrected chi connectivity index (χ4v) is 14.4. The summed E-state index contributed by atoms with van der Waals surface area (Å²) in [4.78, 5) is 77.2. The summed E-state index contributed by atoms with van der Waals surface area (Å²) in [5.41, 5.74) is 5.60. The van der Waals surface area contributed by atoms with Gasteiger partial charge in [-0.3, -0.25) is 24.5 Å². The zero-order valence-corrected chi connectivity index (χ0v) is 48.8. The van der Waals surface area contributed by atoms with Gasteiger partial charge in [0.1, 0.15) is 24.2 Å². The van der Waals surface area contributed by atoms with E-state index in [1.54, 1.807) is 24.3 Å². The molecule has 3 heterocycles. The molecule has 3 aromatic carbocycles. The highest BCUT2D eigenvalue weighted by atomic mass is 32.2. The number of carbonyl (C=O) groups excluding carboxylic acids is 5. The van der Waals surface area contributed by atoms with Crippen molar-refractivity contribution >= 4 is 91.7 Å². The average Bonchev–Trinajstić information content (AvgIpc) is 4.04. The summed E-state index contributed by atoms with van der Waals surface area (Å²) in [5, 5.41) is 24.2. The van der Waals surface area contributed by atoms with Crippen LogP contribution < -0.4 is 31.5 Å². The number of para-hydroxylation sites is 1. The Morgan fingerprint density at radius 3 is 2.44 bits per heavy atom. The maximum absolute atomic E-state index is 13.7. The summed E-state index contributed by atoms with van der Waals surface area (Å²) in [6.07, 6.45) is 7.92. The van der Waals surface area contributed by atoms with Crippen molar-refractivity contribution < 1.29 is 42.2 Å². The fourth-order valence-electron chi connectivity index (χ4n) is 13.1. The third kappa shape index (κ3) is 15.4. The SMILES string of the molecule is CNCCCC(NC=O)C(=O)Nc1ccc(COC(=O)N(CCOC23CC(C)(C)CC(C)(CC(C)(CN/C(C)=C(\C=N)c4ccc(N5CCc6cccc(C(=O)Nc7nc8ccccc8s7)c6C5)nc4C=O)C2)C3)CCS(=O)O)cc1. The number of aromatic nitrogens is 2. The van der Waals surface area contributed by atoms with E-state index in [4.69, 9.17) is 19.9 Å². The third-order valence-corrected chi connectivity index (χ3v) is 17.2. The van der Waals surface area contributed by atoms with Crippen LogP contribution in [0.4, 0.5) is 21.4 Å². The first-order chi connectivity index (χ1) is 38.7. The minimum Gasteiger partial charge on any atom is -0.445 e. The Bertz CT molecular complexity index is 3130. The minimum absolute atomic E-state index is 0.0236. The summed E-state index contributed by atoms with van der Waals surface area (Å²) in [7, 11) is 1.82. The van der Waals surface area contributed by atoms with Crippen LogP contribution in [0.3, 0.4) is 0 Å². The number of allylic oxidation sites excluding steroid dienone is 2. The van der Waals surface area contributed by atoms with Crippen molar-refractivity contribution in [2.45, 2.75) is 111 Å². The van der Waals surface area contributed by atoms with E-state index in [9.17, 15) is 32.7 Å². The van der Waals surface area contributed by atoms with Gasteiger partial charge in [-0.2, -0.15) is 0 Å². The van der Waals surface area contributed by atoms with Crippen LogP contribution in [0.25, 0.3) is 15.8 Å². The Kier molecular flexibility index (Phi) is 19.6. The van der Waals surface area contributed by atoms with Gasteiger partial charge >= 0.3 is 6.09 Å². The Labute approximate surface area is 480 Å². The lowest BCUT2D eigenvalue weighted by molar-refractivity contribution is -0.191. The van der Waals surface area contributed by atoms with E-state index >= 15 is 0 Å². The predicted octanol–water partition coefficient (Wildman–Crippen LogP) is 8.97. The predicted molar refractivity (Wildman–Crippen MR) is 318 cm³/mol. The molecule has 4 amide bonds. The standard InChI is InChI=1S/C60H76N10O9S2/c1-40(46(29-61)44-20-21-52(66-50(44)31-71)70-24-22-42-11-9-12-45(47(42)30-70)53(73)68-55-67-48-13-7-8-15-51(48)80-55)63-38-59(5)35-58(4)33-57(2,3)34-60(36-58,37-59)79-27-25-69(26-28-81(76)77)56(75)78-32-41-16-18-43(19-17-41)65-54(74)49(64-39-72)14-10-23-62-6/h7-9,11-13,15-21,29,31,39,49,61-63H,10,14,22-28,30,32-38H2,1-6H3,(H,64,72)(H,65,74)(H,76,77)(H,67,68,73)/b46-40+,61-29?. The van der Waals surface area contributed by atoms with Gasteiger partial charge in [0.05, 0.1) is 28.2 Å². The molecule has 5 unspecified atom stereocenters. The minimum atomic E-state index is -2.15. The topological polar surface area (TPSA) is 257 Å². The summed E-state index contributed by atoms with van der Waals surface area (Å²) >= 11 is -0.729. The lowest BCUT2D eigenvalue weighted by Crippen LogP contribution is -2.58. The highest BCUT2D eigenvalue weighted by Crippen LogP contribution is 2.63. The molecule has 3 aliphatic rings. The highest BCUT2D eigenvalue weighted by molar-refractivity contribution is 7.79. The number of pyridine rings is 1. The number of aldehydes is 1. The molecule has 5 aromatic rings. The van der Waals surface area contributed by atoms with Crippen LogP contribution in [0.5, 0.6) is 0 Å². The number of amides is 4. The zero-order valence-electron chi connectivity index (χ0n) is 47.2. The largest absolute Gasteiger partial charge is 0.445 e. The van der Waals surface area contributed by atoms with E-state index in [-0.39, 0.29) is 65.8 Å². The van der Waals surface area contributed by atoms with Crippen molar-refractivity contribution in [1.82, 2.24) is 30.8 Å². The van der Waals surface area contributed by atoms with Crippen molar-refractivity contribution in [3.05, 3.63) is 118 Å². The molecule has 2 bridgehead atoms. The maximum atomic E-state index is 13.7. The molecule has 8 rings (SSSR count). The van der Waals surface area contributed by atoms with Crippen LogP contribution in [0.1, 0.15) is 123 Å². The monoisotopic (exact) mass is 1140 g/mol. The molecule has 0 saturated heterocycles. The molecule has 2 aromatic heterocycles. The molecule has 19 nitrogen and oxygen atoms in total. The Balaban J connectivity index is 0.905. The second-order valence-corrected chi connectivity index (χ2v) is 25.4. The molecule has 2 aliphatic carbocycles. The molecule has 21 heteroatoms. The molecule has 2 fully saturated rings. The number of thiazole rings is 1. The average molecular weight is 1150 g/mol. The van der Waals surface area contributed by atoms with Crippen molar-refractivity contribution in [3.63, 3.8) is 0 Å². The van der Waals surface area contributed by atoms with Crippen molar-refractivity contribution in [3.8, 4) is 0 Å². The van der Waals surface area contributed by atoms with Gasteiger partial charge in [0.25, 0.3) is 5.91 Å². The van der Waals surface area contributed by atoms with E-state index in [2.05, 4.69) is 64.2 Å². The molecule has 0 spiro atoms. The van der Waals surface area contributed by atoms with Gasteiger partial charge in [-0.1, -0.05) is 75.4 Å². The molecule has 1 aliphatic heterocycles. The van der Waals surface area contributed by atoms with E-state index in [0.29, 0.717) is 97.2 Å². The van der Waals surface area contributed by atoms with Crippen LogP contribution >= 0.6 is 11.3 Å². The number of nitrogens with one attached hydrogen (secondary N) is 6. The van der Waals surface area contributed by atoms with Gasteiger partial charge in [-0.05, 0) is 147 Å². The van der Waals surface area contributed by atoms with Gasteiger partial charge in [0, 0.05) is 67.0 Å². The molecule has 2 saturated carbocycles. The number of anilines is 3. The van der Waals surface area contributed by atoms with Gasteiger partial charge in [0.2, 0.25) is 12.3 Å². The van der Waals surface area contributed by atoms with E-state index in [1.165, 1.54) is 22.5 Å². The first kappa shape index (κ1) is 60.2. The van der Waals surface area contributed by atoms with Crippen molar-refractivity contribution in [1.29, 1.82) is 5.41 Å². The molecule has 432 valence electrons. The number of rotatable bonds is 26. The summed E-state index contributed by atoms with van der Waals surface area (Å²) in [5.74, 6) is -0.155. The Morgan fingerprint density at radius 2 is 1.72 bits per heavy atom. The number of fused-ring (bicyclic) bond motifs is 4. The number of ether oxygens (including phenoxy) is 2. The molecule has 81 heavy (non-hydrogen) atoms. The number of hydrogen-bond acceptors (Lipinski definition) is 15. The quantitative estimate of drug-likeness (QED) is 0.0118. The lowest BCUT2D eigenvalue weighted by Gasteiger charge is -2.61. The Hall–Kier alpha value is -6.91. The van der Waals surface area contributed by atoms with Crippen molar-refractivity contribution in [2.75, 3.05) is 67.7 Å². The normalized spacial score (nSPS) is 21.1. The molecule has 5 atom stereocenters.